The van der Waals surface area contributed by atoms with E-state index in [9.17, 15) is 9.59 Å². The van der Waals surface area contributed by atoms with Crippen molar-refractivity contribution in [1.82, 2.24) is 4.90 Å². The van der Waals surface area contributed by atoms with Crippen LogP contribution in [0.5, 0.6) is 0 Å². The predicted octanol–water partition coefficient (Wildman–Crippen LogP) is 3.92. The number of aryl methyl sites for hydroxylation is 1. The fraction of sp³-hybridized carbons (Fsp3) is 0.318. The van der Waals surface area contributed by atoms with Crippen LogP contribution in [0.2, 0.25) is 0 Å². The molecule has 1 heterocycles. The summed E-state index contributed by atoms with van der Waals surface area (Å²) >= 11 is 0. The van der Waals surface area contributed by atoms with Crippen LogP contribution in [0.15, 0.2) is 59.7 Å². The molecule has 2 amide bonds. The van der Waals surface area contributed by atoms with Crippen LogP contribution >= 0.6 is 0 Å². The van der Waals surface area contributed by atoms with Crippen LogP contribution in [-0.2, 0) is 16.1 Å². The van der Waals surface area contributed by atoms with Crippen molar-refractivity contribution in [3.8, 4) is 0 Å². The van der Waals surface area contributed by atoms with Crippen molar-refractivity contribution in [2.75, 3.05) is 11.6 Å². The Kier molecular flexibility index (Phi) is 6.01. The van der Waals surface area contributed by atoms with Crippen LogP contribution in [-0.4, -0.2) is 29.0 Å². The molecule has 2 aromatic carbocycles. The molecule has 27 heavy (non-hydrogen) atoms. The fourth-order valence-electron chi connectivity index (χ4n) is 3.10. The number of nitrogens with zero attached hydrogens (tertiary/aromatic N) is 3. The summed E-state index contributed by atoms with van der Waals surface area (Å²) in [5.41, 5.74) is 3.42. The summed E-state index contributed by atoms with van der Waals surface area (Å²) < 4.78 is 0. The average Bonchev–Trinajstić information content (AvgIpc) is 2.70. The Balaban J connectivity index is 1.82. The first-order chi connectivity index (χ1) is 13.1. The number of para-hydroxylation sites is 1. The van der Waals surface area contributed by atoms with Crippen LogP contribution in [0.1, 0.15) is 37.3 Å². The molecule has 0 bridgehead atoms. The number of rotatable bonds is 6. The molecule has 5 heteroatoms. The van der Waals surface area contributed by atoms with Gasteiger partial charge in [-0.25, -0.2) is 5.01 Å². The van der Waals surface area contributed by atoms with E-state index in [1.54, 1.807) is 0 Å². The zero-order valence-electron chi connectivity index (χ0n) is 15.9. The largest absolute Gasteiger partial charge is 0.333 e. The highest BCUT2D eigenvalue weighted by Crippen LogP contribution is 2.21. The molecule has 0 unspecified atom stereocenters. The lowest BCUT2D eigenvalue weighted by molar-refractivity contribution is -0.125. The molecule has 0 N–H and O–H groups in total. The minimum absolute atomic E-state index is 0.0849. The van der Waals surface area contributed by atoms with Gasteiger partial charge < -0.3 is 4.90 Å². The van der Waals surface area contributed by atoms with Crippen LogP contribution in [0.3, 0.4) is 0 Å². The number of hydrazone groups is 1. The third kappa shape index (κ3) is 4.61. The maximum atomic E-state index is 13.1. The van der Waals surface area contributed by atoms with E-state index in [1.807, 2.05) is 54.3 Å². The molecule has 0 saturated carbocycles. The molecular formula is C22H25N3O2. The van der Waals surface area contributed by atoms with Crippen LogP contribution in [0.25, 0.3) is 0 Å². The third-order valence-electron chi connectivity index (χ3n) is 4.56. The number of carbonyl (C=O) groups is 2. The van der Waals surface area contributed by atoms with E-state index < -0.39 is 0 Å². The summed E-state index contributed by atoms with van der Waals surface area (Å²) in [6.45, 7) is 5.30. The van der Waals surface area contributed by atoms with Gasteiger partial charge in [0.05, 0.1) is 5.69 Å². The maximum absolute atomic E-state index is 13.1. The molecule has 140 valence electrons. The molecule has 0 aromatic heterocycles. The first-order valence-electron chi connectivity index (χ1n) is 9.38. The van der Waals surface area contributed by atoms with E-state index in [0.29, 0.717) is 37.3 Å². The number of amides is 2. The van der Waals surface area contributed by atoms with Crippen molar-refractivity contribution in [3.63, 3.8) is 0 Å². The second-order valence-electron chi connectivity index (χ2n) is 6.80. The highest BCUT2D eigenvalue weighted by molar-refractivity contribution is 6.40. The lowest BCUT2D eigenvalue weighted by atomic mass is 10.1. The van der Waals surface area contributed by atoms with Gasteiger partial charge in [-0.2, -0.15) is 5.10 Å². The monoisotopic (exact) mass is 363 g/mol. The van der Waals surface area contributed by atoms with Gasteiger partial charge in [-0.3, -0.25) is 9.59 Å². The first-order valence-corrected chi connectivity index (χ1v) is 9.38. The van der Waals surface area contributed by atoms with Crippen molar-refractivity contribution >= 4 is 23.2 Å². The summed E-state index contributed by atoms with van der Waals surface area (Å²) in [6.07, 6.45) is 1.55. The van der Waals surface area contributed by atoms with Gasteiger partial charge >= 0.3 is 0 Å². The summed E-state index contributed by atoms with van der Waals surface area (Å²) in [5, 5.41) is 5.76. The second kappa shape index (κ2) is 8.62. The molecule has 5 nitrogen and oxygen atoms in total. The highest BCUT2D eigenvalue weighted by atomic mass is 16.2. The number of hydrogen-bond donors (Lipinski definition) is 0. The van der Waals surface area contributed by atoms with Crippen LogP contribution in [0, 0.1) is 6.92 Å². The van der Waals surface area contributed by atoms with Gasteiger partial charge in [-0.15, -0.1) is 0 Å². The van der Waals surface area contributed by atoms with Crippen LogP contribution < -0.4 is 5.01 Å². The van der Waals surface area contributed by atoms with Crippen molar-refractivity contribution in [2.45, 2.75) is 39.7 Å². The highest BCUT2D eigenvalue weighted by Gasteiger charge is 2.28. The third-order valence-corrected chi connectivity index (χ3v) is 4.56. The Morgan fingerprint density at radius 2 is 1.78 bits per heavy atom. The predicted molar refractivity (Wildman–Crippen MR) is 107 cm³/mol. The fourth-order valence-corrected chi connectivity index (χ4v) is 3.10. The standard InChI is InChI=1S/C22H25N3O2/c1-3-15-24(16-18-11-9-17(2)10-12-18)22(27)20-13-14-21(26)25(23-20)19-7-5-4-6-8-19/h4-12H,3,13-16H2,1-2H3. The number of benzene rings is 2. The second-order valence-corrected chi connectivity index (χ2v) is 6.80. The Morgan fingerprint density at radius 3 is 2.44 bits per heavy atom. The maximum Gasteiger partial charge on any atom is 0.270 e. The summed E-state index contributed by atoms with van der Waals surface area (Å²) in [5.74, 6) is -0.177. The lowest BCUT2D eigenvalue weighted by Crippen LogP contribution is -2.41. The summed E-state index contributed by atoms with van der Waals surface area (Å²) in [7, 11) is 0. The van der Waals surface area contributed by atoms with E-state index in [0.717, 1.165) is 12.0 Å². The van der Waals surface area contributed by atoms with Crippen molar-refractivity contribution in [1.29, 1.82) is 0 Å². The quantitative estimate of drug-likeness (QED) is 0.781. The Labute approximate surface area is 160 Å². The van der Waals surface area contributed by atoms with Gasteiger partial charge in [0.1, 0.15) is 5.71 Å². The molecule has 0 spiro atoms. The molecule has 0 saturated heterocycles. The number of anilines is 1. The van der Waals surface area contributed by atoms with Gasteiger partial charge in [0.2, 0.25) is 5.91 Å². The van der Waals surface area contributed by atoms with Crippen molar-refractivity contribution in [3.05, 3.63) is 65.7 Å². The molecule has 0 aliphatic carbocycles. The normalized spacial score (nSPS) is 14.1. The van der Waals surface area contributed by atoms with Crippen molar-refractivity contribution < 1.29 is 9.59 Å². The van der Waals surface area contributed by atoms with Gasteiger partial charge in [-0.1, -0.05) is 55.0 Å². The topological polar surface area (TPSA) is 53.0 Å². The first kappa shape index (κ1) is 18.8. The van der Waals surface area contributed by atoms with E-state index in [1.165, 1.54) is 10.6 Å². The van der Waals surface area contributed by atoms with Gasteiger partial charge in [-0.05, 0) is 31.0 Å². The minimum Gasteiger partial charge on any atom is -0.333 e. The molecule has 2 aromatic rings. The average molecular weight is 363 g/mol. The summed E-state index contributed by atoms with van der Waals surface area (Å²) in [4.78, 5) is 27.2. The van der Waals surface area contributed by atoms with Crippen molar-refractivity contribution in [2.24, 2.45) is 5.10 Å². The summed E-state index contributed by atoms with van der Waals surface area (Å²) in [6, 6.07) is 17.5. The molecule has 3 rings (SSSR count). The number of hydrogen-bond acceptors (Lipinski definition) is 3. The van der Waals surface area contributed by atoms with E-state index >= 15 is 0 Å². The molecular weight excluding hydrogens is 338 g/mol. The van der Waals surface area contributed by atoms with E-state index in [4.69, 9.17) is 0 Å². The molecule has 0 atom stereocenters. The molecule has 1 aliphatic rings. The van der Waals surface area contributed by atoms with E-state index in [2.05, 4.69) is 24.2 Å². The molecule has 0 radical (unpaired) electrons. The molecule has 1 aliphatic heterocycles. The zero-order chi connectivity index (χ0) is 19.2. The van der Waals surface area contributed by atoms with Gasteiger partial charge in [0, 0.05) is 25.9 Å². The molecule has 0 fully saturated rings. The minimum atomic E-state index is -0.0918. The van der Waals surface area contributed by atoms with Crippen LogP contribution in [0.4, 0.5) is 5.69 Å². The SMILES string of the molecule is CCCN(Cc1ccc(C)cc1)C(=O)C1=NN(c2ccccc2)C(=O)CC1. The number of carbonyl (C=O) groups excluding carboxylic acids is 2. The smallest absolute Gasteiger partial charge is 0.270 e. The Hall–Kier alpha value is -2.95. The van der Waals surface area contributed by atoms with E-state index in [-0.39, 0.29) is 11.8 Å². The van der Waals surface area contributed by atoms with Gasteiger partial charge in [0.15, 0.2) is 0 Å². The Bertz CT molecular complexity index is 828. The Morgan fingerprint density at radius 1 is 1.07 bits per heavy atom. The zero-order valence-corrected chi connectivity index (χ0v) is 15.9. The van der Waals surface area contributed by atoms with Gasteiger partial charge in [0.25, 0.3) is 5.91 Å². The lowest BCUT2D eigenvalue weighted by Gasteiger charge is -2.27.